The van der Waals surface area contributed by atoms with Crippen molar-refractivity contribution in [1.82, 2.24) is 15.1 Å². The van der Waals surface area contributed by atoms with Gasteiger partial charge in [0.1, 0.15) is 11.5 Å². The molecule has 0 saturated carbocycles. The van der Waals surface area contributed by atoms with E-state index in [1.165, 1.54) is 12.1 Å². The molecule has 1 unspecified atom stereocenters. The maximum atomic E-state index is 12.8. The maximum absolute atomic E-state index is 12.8. The molecule has 0 amide bonds. The summed E-state index contributed by atoms with van der Waals surface area (Å²) in [5, 5.41) is 3.89. The molecule has 2 rings (SSSR count). The number of aromatic nitrogens is 3. The number of halogens is 1. The molecule has 0 radical (unpaired) electrons. The molecule has 0 aliphatic carbocycles. The van der Waals surface area contributed by atoms with Crippen LogP contribution in [0.2, 0.25) is 0 Å². The molecule has 0 aliphatic rings. The minimum absolute atomic E-state index is 0.385. The summed E-state index contributed by atoms with van der Waals surface area (Å²) in [6, 6.07) is 2.86. The number of aryl methyl sites for hydroxylation is 1. The van der Waals surface area contributed by atoms with Gasteiger partial charge in [-0.05, 0) is 43.4 Å². The van der Waals surface area contributed by atoms with Crippen molar-refractivity contribution in [2.75, 3.05) is 6.54 Å². The van der Waals surface area contributed by atoms with Crippen LogP contribution in [0.3, 0.4) is 0 Å². The topological polar surface area (TPSA) is 77.8 Å². The molecular formula is C15H21FN4O. The highest BCUT2D eigenvalue weighted by Gasteiger charge is 2.15. The van der Waals surface area contributed by atoms with Gasteiger partial charge in [0.15, 0.2) is 0 Å². The normalized spacial score (nSPS) is 12.8. The number of pyridine rings is 1. The zero-order valence-electron chi connectivity index (χ0n) is 12.4. The van der Waals surface area contributed by atoms with Crippen molar-refractivity contribution in [2.45, 2.75) is 33.1 Å². The molecule has 5 nitrogen and oxygen atoms in total. The van der Waals surface area contributed by atoms with Crippen molar-refractivity contribution in [2.24, 2.45) is 17.6 Å². The summed E-state index contributed by atoms with van der Waals surface area (Å²) in [5.41, 5.74) is 6.15. The first-order valence-corrected chi connectivity index (χ1v) is 7.24. The Kier molecular flexibility index (Phi) is 5.38. The predicted molar refractivity (Wildman–Crippen MR) is 77.8 cm³/mol. The van der Waals surface area contributed by atoms with Gasteiger partial charge >= 0.3 is 0 Å². The van der Waals surface area contributed by atoms with Crippen LogP contribution in [-0.2, 0) is 6.42 Å². The second kappa shape index (κ2) is 7.26. The van der Waals surface area contributed by atoms with E-state index in [0.717, 1.165) is 25.5 Å². The van der Waals surface area contributed by atoms with Gasteiger partial charge in [-0.2, -0.15) is 4.98 Å². The summed E-state index contributed by atoms with van der Waals surface area (Å²) in [6.07, 6.45) is 3.82. The summed E-state index contributed by atoms with van der Waals surface area (Å²) < 4.78 is 18.1. The van der Waals surface area contributed by atoms with Gasteiger partial charge < -0.3 is 10.3 Å². The summed E-state index contributed by atoms with van der Waals surface area (Å²) >= 11 is 0. The molecular weight excluding hydrogens is 271 g/mol. The number of rotatable bonds is 7. The van der Waals surface area contributed by atoms with Gasteiger partial charge in [-0.15, -0.1) is 0 Å². The first-order valence-electron chi connectivity index (χ1n) is 7.24. The fourth-order valence-electron chi connectivity index (χ4n) is 2.30. The van der Waals surface area contributed by atoms with E-state index in [9.17, 15) is 4.39 Å². The van der Waals surface area contributed by atoms with Crippen LogP contribution in [0.15, 0.2) is 22.9 Å². The Hall–Kier alpha value is -1.82. The average Bonchev–Trinajstić information content (AvgIpc) is 2.92. The Balaban J connectivity index is 1.98. The van der Waals surface area contributed by atoms with E-state index in [1.807, 2.05) is 0 Å². The van der Waals surface area contributed by atoms with Gasteiger partial charge in [-0.1, -0.05) is 19.0 Å². The van der Waals surface area contributed by atoms with Gasteiger partial charge in [0, 0.05) is 6.42 Å². The Morgan fingerprint density at radius 1 is 1.29 bits per heavy atom. The van der Waals surface area contributed by atoms with E-state index in [0.29, 0.717) is 35.8 Å². The third kappa shape index (κ3) is 4.32. The highest BCUT2D eigenvalue weighted by molar-refractivity contribution is 5.47. The molecule has 0 aliphatic heterocycles. The third-order valence-electron chi connectivity index (χ3n) is 3.63. The van der Waals surface area contributed by atoms with Crippen LogP contribution in [-0.4, -0.2) is 21.7 Å². The minimum atomic E-state index is -0.385. The second-order valence-corrected chi connectivity index (χ2v) is 5.49. The fraction of sp³-hybridized carbons (Fsp3) is 0.533. The quantitative estimate of drug-likeness (QED) is 0.849. The first kappa shape index (κ1) is 15.6. The second-order valence-electron chi connectivity index (χ2n) is 5.49. The number of hydrogen-bond donors (Lipinski definition) is 1. The molecule has 0 fully saturated rings. The summed E-state index contributed by atoms with van der Waals surface area (Å²) in [7, 11) is 0. The molecule has 21 heavy (non-hydrogen) atoms. The van der Waals surface area contributed by atoms with Gasteiger partial charge in [0.2, 0.25) is 11.7 Å². The van der Waals surface area contributed by atoms with Gasteiger partial charge in [-0.3, -0.25) is 0 Å². The van der Waals surface area contributed by atoms with E-state index >= 15 is 0 Å². The van der Waals surface area contributed by atoms with Crippen LogP contribution in [0.5, 0.6) is 0 Å². The molecule has 114 valence electrons. The zero-order valence-corrected chi connectivity index (χ0v) is 12.4. The van der Waals surface area contributed by atoms with Crippen molar-refractivity contribution in [3.63, 3.8) is 0 Å². The SMILES string of the molecule is CC(C)C(CCN)CCc1nc(-c2ccc(F)cn2)no1. The molecule has 2 aromatic heterocycles. The standard InChI is InChI=1S/C15H21FN4O/c1-10(2)11(7-8-17)3-6-14-19-15(20-21-14)13-5-4-12(16)9-18-13/h4-5,9-11H,3,6-8,17H2,1-2H3. The highest BCUT2D eigenvalue weighted by Crippen LogP contribution is 2.21. The van der Waals surface area contributed by atoms with Crippen LogP contribution in [0, 0.1) is 17.7 Å². The van der Waals surface area contributed by atoms with E-state index in [2.05, 4.69) is 29.0 Å². The highest BCUT2D eigenvalue weighted by atomic mass is 19.1. The zero-order chi connectivity index (χ0) is 15.2. The van der Waals surface area contributed by atoms with Gasteiger partial charge in [0.05, 0.1) is 6.20 Å². The Morgan fingerprint density at radius 2 is 2.10 bits per heavy atom. The molecule has 0 saturated heterocycles. The molecule has 6 heteroatoms. The van der Waals surface area contributed by atoms with Crippen molar-refractivity contribution >= 4 is 0 Å². The summed E-state index contributed by atoms with van der Waals surface area (Å²) in [5.74, 6) is 1.72. The average molecular weight is 292 g/mol. The molecule has 0 spiro atoms. The smallest absolute Gasteiger partial charge is 0.227 e. The molecule has 1 atom stereocenters. The van der Waals surface area contributed by atoms with E-state index in [-0.39, 0.29) is 5.82 Å². The van der Waals surface area contributed by atoms with Gasteiger partial charge in [0.25, 0.3) is 0 Å². The summed E-state index contributed by atoms with van der Waals surface area (Å²) in [6.45, 7) is 5.08. The number of nitrogens with zero attached hydrogens (tertiary/aromatic N) is 3. The van der Waals surface area contributed by atoms with Crippen LogP contribution in [0.1, 0.15) is 32.6 Å². The Bertz CT molecular complexity index is 553. The third-order valence-corrected chi connectivity index (χ3v) is 3.63. The molecule has 2 N–H and O–H groups in total. The van der Waals surface area contributed by atoms with Crippen LogP contribution >= 0.6 is 0 Å². The lowest BCUT2D eigenvalue weighted by Crippen LogP contribution is -2.15. The lowest BCUT2D eigenvalue weighted by atomic mass is 9.88. The maximum Gasteiger partial charge on any atom is 0.227 e. The van der Waals surface area contributed by atoms with E-state index < -0.39 is 0 Å². The molecule has 0 bridgehead atoms. The van der Waals surface area contributed by atoms with E-state index in [1.54, 1.807) is 0 Å². The Morgan fingerprint density at radius 3 is 2.71 bits per heavy atom. The van der Waals surface area contributed by atoms with Crippen molar-refractivity contribution in [3.8, 4) is 11.5 Å². The minimum Gasteiger partial charge on any atom is -0.339 e. The van der Waals surface area contributed by atoms with Crippen molar-refractivity contribution in [3.05, 3.63) is 30.0 Å². The van der Waals surface area contributed by atoms with Crippen LogP contribution < -0.4 is 5.73 Å². The number of hydrogen-bond acceptors (Lipinski definition) is 5. The molecule has 2 aromatic rings. The number of nitrogens with two attached hydrogens (primary N) is 1. The van der Waals surface area contributed by atoms with Crippen LogP contribution in [0.4, 0.5) is 4.39 Å². The van der Waals surface area contributed by atoms with E-state index in [4.69, 9.17) is 10.3 Å². The summed E-state index contributed by atoms with van der Waals surface area (Å²) in [4.78, 5) is 8.25. The lowest BCUT2D eigenvalue weighted by molar-refractivity contribution is 0.313. The molecule has 2 heterocycles. The van der Waals surface area contributed by atoms with Crippen molar-refractivity contribution < 1.29 is 8.91 Å². The van der Waals surface area contributed by atoms with Crippen LogP contribution in [0.25, 0.3) is 11.5 Å². The lowest BCUT2D eigenvalue weighted by Gasteiger charge is -2.18. The monoisotopic (exact) mass is 292 g/mol. The molecule has 0 aromatic carbocycles. The van der Waals surface area contributed by atoms with Crippen molar-refractivity contribution in [1.29, 1.82) is 0 Å². The Labute approximate surface area is 123 Å². The fourth-order valence-corrected chi connectivity index (χ4v) is 2.30. The van der Waals surface area contributed by atoms with Gasteiger partial charge in [-0.25, -0.2) is 9.37 Å². The first-order chi connectivity index (χ1) is 10.1. The largest absolute Gasteiger partial charge is 0.339 e. The predicted octanol–water partition coefficient (Wildman–Crippen LogP) is 2.82.